The number of benzene rings is 2. The quantitative estimate of drug-likeness (QED) is 0.402. The molecule has 1 aromatic heterocycles. The van der Waals surface area contributed by atoms with E-state index in [1.807, 2.05) is 24.3 Å². The summed E-state index contributed by atoms with van der Waals surface area (Å²) in [6.07, 6.45) is 0. The Morgan fingerprint density at radius 1 is 1.15 bits per heavy atom. The van der Waals surface area contributed by atoms with Crippen LogP contribution in [0.4, 0.5) is 5.69 Å². The summed E-state index contributed by atoms with van der Waals surface area (Å²) in [6, 6.07) is 15.4. The van der Waals surface area contributed by atoms with E-state index in [0.29, 0.717) is 17.2 Å². The number of phenols is 1. The molecule has 0 aliphatic heterocycles. The fraction of sp³-hybridized carbons (Fsp3) is 0.0526. The summed E-state index contributed by atoms with van der Waals surface area (Å²) in [5.41, 5.74) is 1.16. The summed E-state index contributed by atoms with van der Waals surface area (Å²) in [5, 5.41) is 15.2. The number of phenolic OH excluding ortho intramolecular Hbond substituents is 1. The second kappa shape index (κ2) is 8.24. The molecule has 3 rings (SSSR count). The van der Waals surface area contributed by atoms with Gasteiger partial charge in [0.25, 0.3) is 5.91 Å². The van der Waals surface area contributed by atoms with E-state index in [2.05, 4.69) is 26.6 Å². The van der Waals surface area contributed by atoms with Crippen LogP contribution < -0.4 is 15.4 Å². The number of carbonyl (C=O) groups excluding carboxylic acids is 1. The van der Waals surface area contributed by atoms with Crippen LogP contribution in [-0.4, -0.2) is 23.2 Å². The minimum absolute atomic E-state index is 0.0187. The maximum atomic E-state index is 12.3. The molecule has 0 saturated heterocycles. The number of furan rings is 1. The molecule has 3 aromatic rings. The lowest BCUT2D eigenvalue weighted by atomic mass is 10.2. The number of rotatable bonds is 4. The number of halogens is 1. The predicted molar refractivity (Wildman–Crippen MR) is 110 cm³/mol. The first-order valence-electron chi connectivity index (χ1n) is 7.81. The van der Waals surface area contributed by atoms with Crippen molar-refractivity contribution in [2.75, 3.05) is 12.4 Å². The highest BCUT2D eigenvalue weighted by Gasteiger charge is 2.14. The van der Waals surface area contributed by atoms with Crippen molar-refractivity contribution in [1.29, 1.82) is 0 Å². The number of ether oxygens (including phenoxy) is 1. The summed E-state index contributed by atoms with van der Waals surface area (Å²) in [4.78, 5) is 12.3. The molecule has 0 aliphatic rings. The molecule has 0 radical (unpaired) electrons. The largest absolute Gasteiger partial charge is 0.506 e. The molecule has 0 atom stereocenters. The van der Waals surface area contributed by atoms with Crippen LogP contribution in [0.25, 0.3) is 11.3 Å². The van der Waals surface area contributed by atoms with Gasteiger partial charge in [-0.1, -0.05) is 28.1 Å². The molecule has 1 amide bonds. The van der Waals surface area contributed by atoms with Crippen LogP contribution in [0.15, 0.2) is 63.5 Å². The standard InChI is InChI=1S/C19H15BrN2O4S/c1-25-13-6-7-15(23)14(10-13)21-19(27)22-18(24)17-9-8-16(26-17)11-2-4-12(20)5-3-11/h2-10,23H,1H3,(H2,21,22,24,27). The lowest BCUT2D eigenvalue weighted by molar-refractivity contribution is 0.0951. The Morgan fingerprint density at radius 3 is 2.59 bits per heavy atom. The first-order chi connectivity index (χ1) is 13.0. The molecule has 0 spiro atoms. The third-order valence-electron chi connectivity index (χ3n) is 3.64. The van der Waals surface area contributed by atoms with E-state index in [4.69, 9.17) is 21.4 Å². The average molecular weight is 447 g/mol. The van der Waals surface area contributed by atoms with Crippen molar-refractivity contribution in [2.24, 2.45) is 0 Å². The molecule has 0 aliphatic carbocycles. The number of hydrogen-bond acceptors (Lipinski definition) is 5. The van der Waals surface area contributed by atoms with E-state index in [0.717, 1.165) is 10.0 Å². The molecule has 8 heteroatoms. The zero-order chi connectivity index (χ0) is 19.4. The third kappa shape index (κ3) is 4.66. The molecule has 0 bridgehead atoms. The number of aromatic hydroxyl groups is 1. The SMILES string of the molecule is COc1ccc(O)c(NC(=S)NC(=O)c2ccc(-c3ccc(Br)cc3)o2)c1. The first kappa shape index (κ1) is 18.9. The maximum Gasteiger partial charge on any atom is 0.293 e. The average Bonchev–Trinajstić information content (AvgIpc) is 3.14. The number of nitrogens with one attached hydrogen (secondary N) is 2. The molecule has 0 fully saturated rings. The van der Waals surface area contributed by atoms with Gasteiger partial charge in [-0.25, -0.2) is 0 Å². The zero-order valence-corrected chi connectivity index (χ0v) is 16.6. The molecule has 6 nitrogen and oxygen atoms in total. The summed E-state index contributed by atoms with van der Waals surface area (Å²) >= 11 is 8.50. The molecular formula is C19H15BrN2O4S. The van der Waals surface area contributed by atoms with Gasteiger partial charge in [-0.05, 0) is 48.6 Å². The summed E-state index contributed by atoms with van der Waals surface area (Å²) < 4.78 is 11.6. The summed E-state index contributed by atoms with van der Waals surface area (Å²) in [6.45, 7) is 0. The smallest absolute Gasteiger partial charge is 0.293 e. The number of methoxy groups -OCH3 is 1. The van der Waals surface area contributed by atoms with Crippen LogP contribution in [0.2, 0.25) is 0 Å². The van der Waals surface area contributed by atoms with Gasteiger partial charge >= 0.3 is 0 Å². The molecule has 27 heavy (non-hydrogen) atoms. The van der Waals surface area contributed by atoms with Gasteiger partial charge in [0.2, 0.25) is 0 Å². The second-order valence-corrected chi connectivity index (χ2v) is 6.79. The summed E-state index contributed by atoms with van der Waals surface area (Å²) in [7, 11) is 1.51. The number of thiocarbonyl (C=S) groups is 1. The Hall–Kier alpha value is -2.84. The topological polar surface area (TPSA) is 83.7 Å². The Labute approximate surface area is 169 Å². The highest BCUT2D eigenvalue weighted by atomic mass is 79.9. The van der Waals surface area contributed by atoms with Crippen molar-refractivity contribution in [2.45, 2.75) is 0 Å². The lowest BCUT2D eigenvalue weighted by Crippen LogP contribution is -2.33. The lowest BCUT2D eigenvalue weighted by Gasteiger charge is -2.11. The molecule has 3 N–H and O–H groups in total. The number of anilines is 1. The fourth-order valence-corrected chi connectivity index (χ4v) is 2.76. The highest BCUT2D eigenvalue weighted by Crippen LogP contribution is 2.28. The monoisotopic (exact) mass is 446 g/mol. The van der Waals surface area contributed by atoms with Gasteiger partial charge in [0, 0.05) is 16.1 Å². The normalized spacial score (nSPS) is 10.3. The van der Waals surface area contributed by atoms with Crippen molar-refractivity contribution in [1.82, 2.24) is 5.32 Å². The van der Waals surface area contributed by atoms with Crippen LogP contribution in [0.5, 0.6) is 11.5 Å². The molecule has 0 saturated carbocycles. The second-order valence-electron chi connectivity index (χ2n) is 5.46. The fourth-order valence-electron chi connectivity index (χ4n) is 2.29. The third-order valence-corrected chi connectivity index (χ3v) is 4.37. The molecular weight excluding hydrogens is 432 g/mol. The first-order valence-corrected chi connectivity index (χ1v) is 9.01. The van der Waals surface area contributed by atoms with Crippen molar-refractivity contribution >= 4 is 44.9 Å². The van der Waals surface area contributed by atoms with E-state index in [9.17, 15) is 9.90 Å². The van der Waals surface area contributed by atoms with Crippen LogP contribution >= 0.6 is 28.1 Å². The molecule has 2 aromatic carbocycles. The highest BCUT2D eigenvalue weighted by molar-refractivity contribution is 9.10. The Kier molecular flexibility index (Phi) is 5.78. The van der Waals surface area contributed by atoms with E-state index >= 15 is 0 Å². The number of hydrogen-bond donors (Lipinski definition) is 3. The Balaban J connectivity index is 1.67. The number of carbonyl (C=O) groups is 1. The van der Waals surface area contributed by atoms with Gasteiger partial charge in [0.1, 0.15) is 17.3 Å². The predicted octanol–water partition coefficient (Wildman–Crippen LogP) is 4.55. The van der Waals surface area contributed by atoms with Crippen molar-refractivity contribution in [3.05, 3.63) is 64.8 Å². The van der Waals surface area contributed by atoms with Gasteiger partial charge in [-0.15, -0.1) is 0 Å². The minimum Gasteiger partial charge on any atom is -0.506 e. The minimum atomic E-state index is -0.502. The van der Waals surface area contributed by atoms with E-state index in [1.54, 1.807) is 24.3 Å². The number of amides is 1. The van der Waals surface area contributed by atoms with Gasteiger partial charge in [0.05, 0.1) is 12.8 Å². The maximum absolute atomic E-state index is 12.3. The van der Waals surface area contributed by atoms with E-state index in [-0.39, 0.29) is 16.6 Å². The zero-order valence-electron chi connectivity index (χ0n) is 14.2. The van der Waals surface area contributed by atoms with E-state index in [1.165, 1.54) is 13.2 Å². The van der Waals surface area contributed by atoms with Gasteiger partial charge < -0.3 is 19.6 Å². The molecule has 1 heterocycles. The van der Waals surface area contributed by atoms with Crippen LogP contribution in [0.1, 0.15) is 10.6 Å². The van der Waals surface area contributed by atoms with Gasteiger partial charge in [0.15, 0.2) is 10.9 Å². The van der Waals surface area contributed by atoms with Crippen LogP contribution in [0.3, 0.4) is 0 Å². The Morgan fingerprint density at radius 2 is 1.89 bits per heavy atom. The summed E-state index contributed by atoms with van der Waals surface area (Å²) in [5.74, 6) is 0.694. The van der Waals surface area contributed by atoms with Crippen molar-refractivity contribution in [3.63, 3.8) is 0 Å². The van der Waals surface area contributed by atoms with Gasteiger partial charge in [-0.3, -0.25) is 10.1 Å². The van der Waals surface area contributed by atoms with Gasteiger partial charge in [-0.2, -0.15) is 0 Å². The Bertz CT molecular complexity index is 986. The van der Waals surface area contributed by atoms with Crippen LogP contribution in [-0.2, 0) is 0 Å². The van der Waals surface area contributed by atoms with Crippen molar-refractivity contribution in [3.8, 4) is 22.8 Å². The van der Waals surface area contributed by atoms with E-state index < -0.39 is 5.91 Å². The molecule has 0 unspecified atom stereocenters. The van der Waals surface area contributed by atoms with Crippen LogP contribution in [0, 0.1) is 0 Å². The molecule has 138 valence electrons. The van der Waals surface area contributed by atoms with Crippen molar-refractivity contribution < 1.29 is 19.1 Å².